The van der Waals surface area contributed by atoms with Gasteiger partial charge >= 0.3 is 0 Å². The maximum atomic E-state index is 5.17. The van der Waals surface area contributed by atoms with E-state index in [0.717, 1.165) is 35.3 Å². The van der Waals surface area contributed by atoms with E-state index < -0.39 is 0 Å². The van der Waals surface area contributed by atoms with Crippen LogP contribution in [0.2, 0.25) is 0 Å². The summed E-state index contributed by atoms with van der Waals surface area (Å²) in [6, 6.07) is 0. The summed E-state index contributed by atoms with van der Waals surface area (Å²) in [5.41, 5.74) is 1.15. The average molecular weight is 275 g/mol. The monoisotopic (exact) mass is 274 g/mol. The van der Waals surface area contributed by atoms with E-state index in [9.17, 15) is 0 Å². The van der Waals surface area contributed by atoms with Crippen molar-refractivity contribution in [2.45, 2.75) is 39.5 Å². The number of aryl methyl sites for hydroxylation is 2. The number of H-pyrrole nitrogens is 1. The van der Waals surface area contributed by atoms with E-state index in [1.807, 2.05) is 0 Å². The number of aromatic amines is 1. The summed E-state index contributed by atoms with van der Waals surface area (Å²) in [5, 5.41) is 0. The van der Waals surface area contributed by atoms with E-state index in [1.165, 1.54) is 6.42 Å². The topological polar surface area (TPSA) is 28.7 Å². The molecule has 0 amide bonds. The van der Waals surface area contributed by atoms with Gasteiger partial charge < -0.3 is 4.98 Å². The predicted octanol–water partition coefficient (Wildman–Crippen LogP) is 3.81. The molecule has 1 aromatic heterocycles. The van der Waals surface area contributed by atoms with Crippen LogP contribution in [0.5, 0.6) is 0 Å². The molecule has 0 fully saturated rings. The molecule has 4 heteroatoms. The number of nitrogens with zero attached hydrogens (tertiary/aromatic N) is 1. The number of hydrogen-bond donors (Lipinski definition) is 1. The van der Waals surface area contributed by atoms with Crippen molar-refractivity contribution in [3.05, 3.63) is 20.6 Å². The summed E-state index contributed by atoms with van der Waals surface area (Å²) >= 11 is 8.61. The van der Waals surface area contributed by atoms with E-state index >= 15 is 0 Å². The molecule has 1 rings (SSSR count). The van der Waals surface area contributed by atoms with Crippen LogP contribution in [0, 0.1) is 4.64 Å². The lowest BCUT2D eigenvalue weighted by Gasteiger charge is -2.05. The molecular weight excluding hydrogens is 260 g/mol. The molecule has 0 unspecified atom stereocenters. The fourth-order valence-corrected chi connectivity index (χ4v) is 1.97. The second-order valence-corrected chi connectivity index (χ2v) is 4.42. The van der Waals surface area contributed by atoms with Crippen molar-refractivity contribution in [1.29, 1.82) is 0 Å². The Balaban J connectivity index is 2.98. The molecule has 78 valence electrons. The Morgan fingerprint density at radius 3 is 2.71 bits per heavy atom. The molecular formula is C10H15BrN2S. The zero-order valence-electron chi connectivity index (χ0n) is 8.56. The minimum atomic E-state index is 0.673. The molecule has 0 bridgehead atoms. The van der Waals surface area contributed by atoms with Gasteiger partial charge in [-0.2, -0.15) is 0 Å². The highest BCUT2D eigenvalue weighted by Crippen LogP contribution is 2.16. The molecule has 0 spiro atoms. The maximum Gasteiger partial charge on any atom is 0.144 e. The second kappa shape index (κ2) is 5.61. The smallest absolute Gasteiger partial charge is 0.144 e. The third-order valence-corrected chi connectivity index (χ3v) is 3.52. The molecule has 0 aliphatic carbocycles. The zero-order valence-corrected chi connectivity index (χ0v) is 11.0. The predicted molar refractivity (Wildman–Crippen MR) is 65.1 cm³/mol. The second-order valence-electron chi connectivity index (χ2n) is 3.24. The zero-order chi connectivity index (χ0) is 10.6. The van der Waals surface area contributed by atoms with Gasteiger partial charge in [0.05, 0.1) is 4.47 Å². The van der Waals surface area contributed by atoms with Gasteiger partial charge in [0, 0.05) is 12.1 Å². The average Bonchev–Trinajstić information content (AvgIpc) is 2.19. The number of rotatable bonds is 4. The minimum absolute atomic E-state index is 0.673. The normalized spacial score (nSPS) is 10.5. The summed E-state index contributed by atoms with van der Waals surface area (Å²) in [5.74, 6) is 1.01. The molecule has 0 aliphatic rings. The summed E-state index contributed by atoms with van der Waals surface area (Å²) in [4.78, 5) is 7.64. The van der Waals surface area contributed by atoms with E-state index in [4.69, 9.17) is 12.2 Å². The van der Waals surface area contributed by atoms with Crippen LogP contribution in [0.4, 0.5) is 0 Å². The van der Waals surface area contributed by atoms with Crippen molar-refractivity contribution in [1.82, 2.24) is 9.97 Å². The summed E-state index contributed by atoms with van der Waals surface area (Å²) in [7, 11) is 0. The molecule has 1 heterocycles. The van der Waals surface area contributed by atoms with Crippen molar-refractivity contribution in [2.75, 3.05) is 0 Å². The third-order valence-electron chi connectivity index (χ3n) is 2.11. The highest BCUT2D eigenvalue weighted by Gasteiger charge is 2.03. The SMILES string of the molecule is CCCCc1nc(=S)c(Br)c(CC)[nH]1. The number of halogens is 1. The molecule has 1 N–H and O–H groups in total. The van der Waals surface area contributed by atoms with Gasteiger partial charge in [-0.25, -0.2) is 4.98 Å². The first-order valence-electron chi connectivity index (χ1n) is 4.96. The van der Waals surface area contributed by atoms with E-state index in [-0.39, 0.29) is 0 Å². The molecule has 2 nitrogen and oxygen atoms in total. The Hall–Kier alpha value is -0.220. The molecule has 0 aromatic carbocycles. The Morgan fingerprint density at radius 2 is 2.14 bits per heavy atom. The van der Waals surface area contributed by atoms with Crippen LogP contribution in [0.1, 0.15) is 38.2 Å². The summed E-state index contributed by atoms with van der Waals surface area (Å²) < 4.78 is 1.61. The summed E-state index contributed by atoms with van der Waals surface area (Å²) in [6.45, 7) is 4.28. The molecule has 0 aliphatic heterocycles. The lowest BCUT2D eigenvalue weighted by Crippen LogP contribution is -2.01. The molecule has 0 radical (unpaired) electrons. The molecule has 14 heavy (non-hydrogen) atoms. The highest BCUT2D eigenvalue weighted by atomic mass is 79.9. The van der Waals surface area contributed by atoms with Crippen molar-refractivity contribution in [3.63, 3.8) is 0 Å². The van der Waals surface area contributed by atoms with Crippen molar-refractivity contribution in [3.8, 4) is 0 Å². The van der Waals surface area contributed by atoms with Gasteiger partial charge in [0.15, 0.2) is 0 Å². The van der Waals surface area contributed by atoms with Gasteiger partial charge in [-0.1, -0.05) is 32.5 Å². The Kier molecular flexibility index (Phi) is 4.75. The quantitative estimate of drug-likeness (QED) is 0.846. The van der Waals surface area contributed by atoms with E-state index in [0.29, 0.717) is 4.64 Å². The number of hydrogen-bond acceptors (Lipinski definition) is 2. The Bertz CT molecular complexity index is 360. The van der Waals surface area contributed by atoms with Gasteiger partial charge in [-0.15, -0.1) is 0 Å². The van der Waals surface area contributed by atoms with Crippen molar-refractivity contribution >= 4 is 28.1 Å². The van der Waals surface area contributed by atoms with E-state index in [2.05, 4.69) is 39.7 Å². The highest BCUT2D eigenvalue weighted by molar-refractivity contribution is 9.10. The van der Waals surface area contributed by atoms with Crippen LogP contribution in [0.3, 0.4) is 0 Å². The lowest BCUT2D eigenvalue weighted by molar-refractivity contribution is 0.740. The van der Waals surface area contributed by atoms with Crippen LogP contribution in [0.25, 0.3) is 0 Å². The van der Waals surface area contributed by atoms with Crippen LogP contribution < -0.4 is 0 Å². The Morgan fingerprint density at radius 1 is 1.43 bits per heavy atom. The van der Waals surface area contributed by atoms with Gasteiger partial charge in [0.25, 0.3) is 0 Å². The van der Waals surface area contributed by atoms with Crippen LogP contribution in [0.15, 0.2) is 4.47 Å². The minimum Gasteiger partial charge on any atom is -0.346 e. The van der Waals surface area contributed by atoms with Crippen LogP contribution in [-0.4, -0.2) is 9.97 Å². The van der Waals surface area contributed by atoms with Gasteiger partial charge in [0.1, 0.15) is 10.5 Å². The van der Waals surface area contributed by atoms with Crippen LogP contribution in [-0.2, 0) is 12.8 Å². The fourth-order valence-electron chi connectivity index (χ4n) is 1.26. The van der Waals surface area contributed by atoms with Gasteiger partial charge in [-0.3, -0.25) is 0 Å². The van der Waals surface area contributed by atoms with Crippen LogP contribution >= 0.6 is 28.1 Å². The largest absolute Gasteiger partial charge is 0.346 e. The van der Waals surface area contributed by atoms with Gasteiger partial charge in [0.2, 0.25) is 0 Å². The van der Waals surface area contributed by atoms with E-state index in [1.54, 1.807) is 0 Å². The van der Waals surface area contributed by atoms with Crippen molar-refractivity contribution in [2.24, 2.45) is 0 Å². The maximum absolute atomic E-state index is 5.17. The molecule has 0 atom stereocenters. The first kappa shape index (κ1) is 11.9. The molecule has 1 aromatic rings. The summed E-state index contributed by atoms with van der Waals surface area (Å²) in [6.07, 6.45) is 4.27. The lowest BCUT2D eigenvalue weighted by atomic mass is 10.2. The Labute approximate surface area is 98.3 Å². The fraction of sp³-hybridized carbons (Fsp3) is 0.600. The number of aromatic nitrogens is 2. The number of nitrogens with one attached hydrogen (secondary N) is 1. The number of unbranched alkanes of at least 4 members (excludes halogenated alkanes) is 1. The van der Waals surface area contributed by atoms with Gasteiger partial charge in [-0.05, 0) is 28.8 Å². The standard InChI is InChI=1S/C10H15BrN2S/c1-3-5-6-8-12-7(4-2)9(11)10(14)13-8/h3-6H2,1-2H3,(H,12,13,14). The first-order chi connectivity index (χ1) is 6.69. The molecule has 0 saturated heterocycles. The first-order valence-corrected chi connectivity index (χ1v) is 6.16. The molecule has 0 saturated carbocycles. The third kappa shape index (κ3) is 2.89. The van der Waals surface area contributed by atoms with Crippen molar-refractivity contribution < 1.29 is 0 Å².